The van der Waals surface area contributed by atoms with Crippen LogP contribution in [0.1, 0.15) is 27.2 Å². The van der Waals surface area contributed by atoms with Gasteiger partial charge in [0.15, 0.2) is 5.75 Å². The van der Waals surface area contributed by atoms with E-state index in [4.69, 9.17) is 4.74 Å². The summed E-state index contributed by atoms with van der Waals surface area (Å²) in [4.78, 5) is 11.8. The molecule has 0 fully saturated rings. The van der Waals surface area contributed by atoms with Gasteiger partial charge in [-0.2, -0.15) is 0 Å². The summed E-state index contributed by atoms with van der Waals surface area (Å²) in [7, 11) is 0. The Kier molecular flexibility index (Phi) is 4.40. The summed E-state index contributed by atoms with van der Waals surface area (Å²) in [6.07, 6.45) is 2.82. The van der Waals surface area contributed by atoms with Crippen LogP contribution in [0.3, 0.4) is 0 Å². The molecule has 0 aliphatic rings. The van der Waals surface area contributed by atoms with Crippen molar-refractivity contribution in [1.82, 2.24) is 4.57 Å². The molecule has 0 aliphatic heterocycles. The molecule has 3 nitrogen and oxygen atoms in total. The minimum Gasteiger partial charge on any atom is -0.488 e. The molecule has 84 valence electrons. The van der Waals surface area contributed by atoms with Crippen LogP contribution in [-0.4, -0.2) is 11.2 Å². The van der Waals surface area contributed by atoms with Crippen LogP contribution in [0.2, 0.25) is 0 Å². The molecule has 0 aromatic carbocycles. The van der Waals surface area contributed by atoms with Gasteiger partial charge < -0.3 is 9.30 Å². The molecule has 3 heteroatoms. The van der Waals surface area contributed by atoms with Crippen molar-refractivity contribution in [2.45, 2.75) is 33.7 Å². The van der Waals surface area contributed by atoms with Gasteiger partial charge in [-0.15, -0.1) is 0 Å². The summed E-state index contributed by atoms with van der Waals surface area (Å²) in [5.74, 6) is 1.05. The summed E-state index contributed by atoms with van der Waals surface area (Å²) in [6, 6.07) is 3.57. The summed E-state index contributed by atoms with van der Waals surface area (Å²) < 4.78 is 6.96. The van der Waals surface area contributed by atoms with Crippen molar-refractivity contribution in [2.75, 3.05) is 6.61 Å². The molecule has 0 unspecified atom stereocenters. The lowest BCUT2D eigenvalue weighted by Crippen LogP contribution is -2.21. The Labute approximate surface area is 90.7 Å². The Morgan fingerprint density at radius 1 is 1.47 bits per heavy atom. The first-order valence-corrected chi connectivity index (χ1v) is 5.47. The monoisotopic (exact) mass is 209 g/mol. The highest BCUT2D eigenvalue weighted by atomic mass is 16.5. The van der Waals surface area contributed by atoms with E-state index < -0.39 is 0 Å². The van der Waals surface area contributed by atoms with Gasteiger partial charge in [-0.05, 0) is 31.4 Å². The third-order valence-corrected chi connectivity index (χ3v) is 2.23. The Hall–Kier alpha value is -1.25. The molecule has 1 aromatic heterocycles. The van der Waals surface area contributed by atoms with Crippen molar-refractivity contribution in [3.63, 3.8) is 0 Å². The van der Waals surface area contributed by atoms with Gasteiger partial charge in [-0.1, -0.05) is 13.8 Å². The Morgan fingerprint density at radius 2 is 2.20 bits per heavy atom. The van der Waals surface area contributed by atoms with Gasteiger partial charge in [-0.25, -0.2) is 0 Å². The zero-order valence-electron chi connectivity index (χ0n) is 9.69. The van der Waals surface area contributed by atoms with E-state index in [1.807, 2.05) is 19.2 Å². The minimum atomic E-state index is -0.0278. The van der Waals surface area contributed by atoms with Gasteiger partial charge in [0.05, 0.1) is 6.61 Å². The van der Waals surface area contributed by atoms with Gasteiger partial charge in [0, 0.05) is 12.7 Å². The van der Waals surface area contributed by atoms with E-state index >= 15 is 0 Å². The van der Waals surface area contributed by atoms with E-state index in [9.17, 15) is 4.79 Å². The van der Waals surface area contributed by atoms with Gasteiger partial charge >= 0.3 is 0 Å². The lowest BCUT2D eigenvalue weighted by atomic mass is 10.1. The Morgan fingerprint density at radius 3 is 2.80 bits per heavy atom. The Bertz CT molecular complexity index is 355. The number of rotatable bonds is 5. The van der Waals surface area contributed by atoms with Crippen LogP contribution in [0.4, 0.5) is 0 Å². The van der Waals surface area contributed by atoms with Crippen molar-refractivity contribution >= 4 is 0 Å². The summed E-state index contributed by atoms with van der Waals surface area (Å²) >= 11 is 0. The first-order chi connectivity index (χ1) is 7.15. The second-order valence-electron chi connectivity index (χ2n) is 3.99. The molecule has 0 aliphatic carbocycles. The summed E-state index contributed by atoms with van der Waals surface area (Å²) in [5, 5.41) is 0. The van der Waals surface area contributed by atoms with Gasteiger partial charge in [0.1, 0.15) is 0 Å². The number of ether oxygens (including phenoxy) is 1. The van der Waals surface area contributed by atoms with Crippen LogP contribution in [0.5, 0.6) is 5.75 Å². The van der Waals surface area contributed by atoms with Crippen molar-refractivity contribution in [3.8, 4) is 5.75 Å². The van der Waals surface area contributed by atoms with Crippen LogP contribution in [0.25, 0.3) is 0 Å². The molecule has 1 aromatic rings. The van der Waals surface area contributed by atoms with E-state index in [1.165, 1.54) is 0 Å². The smallest absolute Gasteiger partial charge is 0.292 e. The van der Waals surface area contributed by atoms with Crippen LogP contribution in [0, 0.1) is 5.92 Å². The third-order valence-electron chi connectivity index (χ3n) is 2.23. The molecule has 0 amide bonds. The highest BCUT2D eigenvalue weighted by Crippen LogP contribution is 2.05. The molecule has 0 spiro atoms. The molecule has 0 radical (unpaired) electrons. The quantitative estimate of drug-likeness (QED) is 0.745. The molecule has 0 atom stereocenters. The van der Waals surface area contributed by atoms with Crippen LogP contribution in [0.15, 0.2) is 23.1 Å². The summed E-state index contributed by atoms with van der Waals surface area (Å²) in [6.45, 7) is 7.47. The standard InChI is InChI=1S/C12H19NO2/c1-4-15-11-6-5-8-13(12(11)14)9-7-10(2)3/h5-6,8,10H,4,7,9H2,1-3H3. The van der Waals surface area contributed by atoms with E-state index in [2.05, 4.69) is 13.8 Å². The number of nitrogens with zero attached hydrogens (tertiary/aromatic N) is 1. The number of aryl methyl sites for hydroxylation is 1. The largest absolute Gasteiger partial charge is 0.488 e. The zero-order chi connectivity index (χ0) is 11.3. The van der Waals surface area contributed by atoms with Crippen molar-refractivity contribution in [2.24, 2.45) is 5.92 Å². The van der Waals surface area contributed by atoms with Gasteiger partial charge in [0.2, 0.25) is 0 Å². The molecule has 1 heterocycles. The molecular formula is C12H19NO2. The second kappa shape index (κ2) is 5.59. The average molecular weight is 209 g/mol. The number of aromatic nitrogens is 1. The highest BCUT2D eigenvalue weighted by Gasteiger charge is 2.03. The van der Waals surface area contributed by atoms with Crippen molar-refractivity contribution < 1.29 is 4.74 Å². The minimum absolute atomic E-state index is 0.0278. The maximum Gasteiger partial charge on any atom is 0.292 e. The lowest BCUT2D eigenvalue weighted by Gasteiger charge is -2.09. The van der Waals surface area contributed by atoms with E-state index in [0.717, 1.165) is 13.0 Å². The average Bonchev–Trinajstić information content (AvgIpc) is 2.19. The van der Waals surface area contributed by atoms with Gasteiger partial charge in [0.25, 0.3) is 5.56 Å². The predicted octanol–water partition coefficient (Wildman–Crippen LogP) is 2.29. The highest BCUT2D eigenvalue weighted by molar-refractivity contribution is 5.17. The maximum absolute atomic E-state index is 11.8. The fourth-order valence-electron chi connectivity index (χ4n) is 1.35. The molecule has 0 saturated carbocycles. The fourth-order valence-corrected chi connectivity index (χ4v) is 1.35. The zero-order valence-corrected chi connectivity index (χ0v) is 9.69. The first-order valence-electron chi connectivity index (χ1n) is 5.47. The van der Waals surface area contributed by atoms with E-state index in [1.54, 1.807) is 10.6 Å². The molecule has 0 N–H and O–H groups in total. The van der Waals surface area contributed by atoms with Crippen LogP contribution < -0.4 is 10.3 Å². The van der Waals surface area contributed by atoms with Crippen molar-refractivity contribution in [3.05, 3.63) is 28.7 Å². The number of hydrogen-bond donors (Lipinski definition) is 0. The Balaban J connectivity index is 2.80. The van der Waals surface area contributed by atoms with Crippen molar-refractivity contribution in [1.29, 1.82) is 0 Å². The van der Waals surface area contributed by atoms with E-state index in [-0.39, 0.29) is 5.56 Å². The lowest BCUT2D eigenvalue weighted by molar-refractivity contribution is 0.331. The molecule has 0 saturated heterocycles. The maximum atomic E-state index is 11.8. The van der Waals surface area contributed by atoms with Gasteiger partial charge in [-0.3, -0.25) is 4.79 Å². The fraction of sp³-hybridized carbons (Fsp3) is 0.583. The molecule has 0 bridgehead atoms. The van der Waals surface area contributed by atoms with Crippen LogP contribution in [-0.2, 0) is 6.54 Å². The predicted molar refractivity (Wildman–Crippen MR) is 61.3 cm³/mol. The number of hydrogen-bond acceptors (Lipinski definition) is 2. The topological polar surface area (TPSA) is 31.2 Å². The molecular weight excluding hydrogens is 190 g/mol. The summed E-state index contributed by atoms with van der Waals surface area (Å²) in [5.41, 5.74) is -0.0278. The molecule has 15 heavy (non-hydrogen) atoms. The normalized spacial score (nSPS) is 10.7. The van der Waals surface area contributed by atoms with Crippen LogP contribution >= 0.6 is 0 Å². The first kappa shape index (κ1) is 11.8. The SMILES string of the molecule is CCOc1cccn(CCC(C)C)c1=O. The third kappa shape index (κ3) is 3.42. The van der Waals surface area contributed by atoms with E-state index in [0.29, 0.717) is 18.3 Å². The molecule has 1 rings (SSSR count). The number of pyridine rings is 1. The second-order valence-corrected chi connectivity index (χ2v) is 3.99.